The minimum absolute atomic E-state index is 0.148. The third kappa shape index (κ3) is 4.26. The molecule has 5 heteroatoms. The molecule has 5 nitrogen and oxygen atoms in total. The van der Waals surface area contributed by atoms with Crippen LogP contribution in [0.15, 0.2) is 24.3 Å². The van der Waals surface area contributed by atoms with E-state index in [0.29, 0.717) is 13.0 Å². The van der Waals surface area contributed by atoms with Gasteiger partial charge in [0, 0.05) is 0 Å². The first-order valence-corrected chi connectivity index (χ1v) is 6.67. The molecule has 110 valence electrons. The fourth-order valence-corrected chi connectivity index (χ4v) is 1.70. The minimum atomic E-state index is -1.22. The molecule has 0 aromatic heterocycles. The maximum atomic E-state index is 11.9. The number of hydrogen-bond donors (Lipinski definition) is 2. The normalized spacial score (nSPS) is 13.3. The van der Waals surface area contributed by atoms with Crippen molar-refractivity contribution in [1.82, 2.24) is 5.32 Å². The first kappa shape index (κ1) is 16.0. The van der Waals surface area contributed by atoms with Crippen molar-refractivity contribution >= 4 is 11.9 Å². The Hall–Kier alpha value is -2.04. The van der Waals surface area contributed by atoms with Crippen molar-refractivity contribution in [3.05, 3.63) is 29.8 Å². The Kier molecular flexibility index (Phi) is 5.55. The van der Waals surface area contributed by atoms with E-state index in [9.17, 15) is 9.59 Å². The fraction of sp³-hybridized carbons (Fsp3) is 0.467. The molecule has 1 atom stereocenters. The van der Waals surface area contributed by atoms with Crippen LogP contribution < -0.4 is 10.1 Å². The maximum absolute atomic E-state index is 11.9. The lowest BCUT2D eigenvalue weighted by molar-refractivity contribution is -0.146. The Bertz CT molecular complexity index is 469. The number of ether oxygens (including phenoxy) is 1. The van der Waals surface area contributed by atoms with Crippen molar-refractivity contribution in [3.63, 3.8) is 0 Å². The molecule has 20 heavy (non-hydrogen) atoms. The summed E-state index contributed by atoms with van der Waals surface area (Å²) in [5.74, 6) is -0.582. The molecule has 1 rings (SSSR count). The van der Waals surface area contributed by atoms with Crippen LogP contribution >= 0.6 is 0 Å². The zero-order valence-corrected chi connectivity index (χ0v) is 12.1. The second kappa shape index (κ2) is 6.93. The van der Waals surface area contributed by atoms with Crippen LogP contribution in [0, 0.1) is 0 Å². The van der Waals surface area contributed by atoms with E-state index in [1.165, 1.54) is 6.92 Å². The van der Waals surface area contributed by atoms with E-state index in [4.69, 9.17) is 9.84 Å². The van der Waals surface area contributed by atoms with Crippen molar-refractivity contribution in [2.75, 3.05) is 6.61 Å². The fourth-order valence-electron chi connectivity index (χ4n) is 1.70. The molecule has 0 fully saturated rings. The number of carbonyl (C=O) groups is 2. The van der Waals surface area contributed by atoms with E-state index in [-0.39, 0.29) is 12.3 Å². The number of benzene rings is 1. The lowest BCUT2D eigenvalue weighted by Crippen LogP contribution is -2.52. The second-order valence-corrected chi connectivity index (χ2v) is 4.79. The monoisotopic (exact) mass is 279 g/mol. The van der Waals surface area contributed by atoms with Crippen LogP contribution in [-0.2, 0) is 16.0 Å². The predicted molar refractivity (Wildman–Crippen MR) is 75.8 cm³/mol. The third-order valence-electron chi connectivity index (χ3n) is 3.19. The van der Waals surface area contributed by atoms with Crippen molar-refractivity contribution in [3.8, 4) is 5.75 Å². The van der Waals surface area contributed by atoms with Crippen LogP contribution in [0.2, 0.25) is 0 Å². The average Bonchev–Trinajstić information content (AvgIpc) is 2.40. The van der Waals surface area contributed by atoms with Crippen LogP contribution in [0.25, 0.3) is 0 Å². The third-order valence-corrected chi connectivity index (χ3v) is 3.19. The molecule has 0 spiro atoms. The summed E-state index contributed by atoms with van der Waals surface area (Å²) in [6.45, 7) is 5.73. The number of carboxylic acid groups (broad SMARTS) is 1. The number of carbonyl (C=O) groups excluding carboxylic acids is 1. The largest absolute Gasteiger partial charge is 0.494 e. The van der Waals surface area contributed by atoms with Crippen molar-refractivity contribution in [1.29, 1.82) is 0 Å². The highest BCUT2D eigenvalue weighted by atomic mass is 16.5. The van der Waals surface area contributed by atoms with Gasteiger partial charge in [0.25, 0.3) is 0 Å². The Labute approximate surface area is 118 Å². The van der Waals surface area contributed by atoms with Gasteiger partial charge in [0.2, 0.25) is 5.91 Å². The Balaban J connectivity index is 2.64. The predicted octanol–water partition coefficient (Wildman–Crippen LogP) is 2.00. The molecule has 0 aliphatic heterocycles. The number of carboxylic acids is 1. The summed E-state index contributed by atoms with van der Waals surface area (Å²) in [5.41, 5.74) is -0.405. The summed E-state index contributed by atoms with van der Waals surface area (Å²) >= 11 is 0. The molecule has 0 aliphatic carbocycles. The number of aliphatic carboxylic acids is 1. The Morgan fingerprint density at radius 1 is 1.25 bits per heavy atom. The quantitative estimate of drug-likeness (QED) is 0.800. The number of hydrogen-bond acceptors (Lipinski definition) is 3. The molecule has 0 saturated heterocycles. The zero-order chi connectivity index (χ0) is 15.2. The van der Waals surface area contributed by atoms with E-state index >= 15 is 0 Å². The van der Waals surface area contributed by atoms with Gasteiger partial charge in [0.05, 0.1) is 13.0 Å². The van der Waals surface area contributed by atoms with Gasteiger partial charge < -0.3 is 15.2 Å². The zero-order valence-electron chi connectivity index (χ0n) is 12.1. The van der Waals surface area contributed by atoms with Gasteiger partial charge in [0.15, 0.2) is 0 Å². The van der Waals surface area contributed by atoms with Crippen molar-refractivity contribution in [2.45, 2.75) is 39.2 Å². The molecule has 0 saturated carbocycles. The smallest absolute Gasteiger partial charge is 0.329 e. The molecule has 1 aromatic rings. The average molecular weight is 279 g/mol. The van der Waals surface area contributed by atoms with Gasteiger partial charge in [-0.1, -0.05) is 19.1 Å². The number of rotatable bonds is 7. The molecular weight excluding hydrogens is 258 g/mol. The lowest BCUT2D eigenvalue weighted by Gasteiger charge is -2.24. The first-order valence-electron chi connectivity index (χ1n) is 6.67. The molecule has 2 N–H and O–H groups in total. The lowest BCUT2D eigenvalue weighted by atomic mass is 9.98. The van der Waals surface area contributed by atoms with Gasteiger partial charge in [-0.3, -0.25) is 4.79 Å². The minimum Gasteiger partial charge on any atom is -0.494 e. The summed E-state index contributed by atoms with van der Waals surface area (Å²) in [5, 5.41) is 11.7. The van der Waals surface area contributed by atoms with Gasteiger partial charge in [-0.05, 0) is 38.0 Å². The molecule has 1 amide bonds. The summed E-state index contributed by atoms with van der Waals surface area (Å²) < 4.78 is 5.32. The molecule has 0 heterocycles. The topological polar surface area (TPSA) is 75.6 Å². The molecule has 0 aliphatic rings. The van der Waals surface area contributed by atoms with Crippen LogP contribution in [0.5, 0.6) is 5.75 Å². The second-order valence-electron chi connectivity index (χ2n) is 4.79. The molecule has 0 radical (unpaired) electrons. The first-order chi connectivity index (χ1) is 9.41. The number of amides is 1. The van der Waals surface area contributed by atoms with Crippen molar-refractivity contribution in [2.24, 2.45) is 0 Å². The van der Waals surface area contributed by atoms with Gasteiger partial charge in [0.1, 0.15) is 11.3 Å². The van der Waals surface area contributed by atoms with Gasteiger partial charge in [-0.2, -0.15) is 0 Å². The summed E-state index contributed by atoms with van der Waals surface area (Å²) in [4.78, 5) is 23.0. The Morgan fingerprint density at radius 3 is 2.30 bits per heavy atom. The van der Waals surface area contributed by atoms with E-state index in [0.717, 1.165) is 11.3 Å². The van der Waals surface area contributed by atoms with Gasteiger partial charge in [-0.25, -0.2) is 4.79 Å². The van der Waals surface area contributed by atoms with Crippen molar-refractivity contribution < 1.29 is 19.4 Å². The van der Waals surface area contributed by atoms with Crippen LogP contribution in [0.3, 0.4) is 0 Å². The molecule has 1 aromatic carbocycles. The van der Waals surface area contributed by atoms with E-state index < -0.39 is 11.5 Å². The maximum Gasteiger partial charge on any atom is 0.329 e. The summed E-state index contributed by atoms with van der Waals surface area (Å²) in [6, 6.07) is 7.19. The van der Waals surface area contributed by atoms with E-state index in [2.05, 4.69) is 5.32 Å². The summed E-state index contributed by atoms with van der Waals surface area (Å²) in [7, 11) is 0. The van der Waals surface area contributed by atoms with Crippen LogP contribution in [-0.4, -0.2) is 29.1 Å². The standard InChI is InChI=1S/C15H21NO4/c1-4-15(3,14(18)19)16-13(17)10-11-6-8-12(9-7-11)20-5-2/h6-9H,4-5,10H2,1-3H3,(H,16,17)(H,18,19). The van der Waals surface area contributed by atoms with Crippen LogP contribution in [0.1, 0.15) is 32.8 Å². The molecule has 1 unspecified atom stereocenters. The SMILES string of the molecule is CCOc1ccc(CC(=O)NC(C)(CC)C(=O)O)cc1. The van der Waals surface area contributed by atoms with Gasteiger partial charge >= 0.3 is 5.97 Å². The highest BCUT2D eigenvalue weighted by Gasteiger charge is 2.32. The Morgan fingerprint density at radius 2 is 1.85 bits per heavy atom. The van der Waals surface area contributed by atoms with Crippen LogP contribution in [0.4, 0.5) is 0 Å². The van der Waals surface area contributed by atoms with Gasteiger partial charge in [-0.15, -0.1) is 0 Å². The molecule has 0 bridgehead atoms. The molecular formula is C15H21NO4. The summed E-state index contributed by atoms with van der Waals surface area (Å²) in [6.07, 6.45) is 0.479. The number of nitrogens with one attached hydrogen (secondary N) is 1. The highest BCUT2D eigenvalue weighted by Crippen LogP contribution is 2.14. The highest BCUT2D eigenvalue weighted by molar-refractivity contribution is 5.87. The van der Waals surface area contributed by atoms with E-state index in [1.54, 1.807) is 31.2 Å². The van der Waals surface area contributed by atoms with E-state index in [1.807, 2.05) is 6.92 Å².